The fourth-order valence-electron chi connectivity index (χ4n) is 1.84. The van der Waals surface area contributed by atoms with E-state index in [9.17, 15) is 4.39 Å². The second-order valence-electron chi connectivity index (χ2n) is 4.45. The Morgan fingerprint density at radius 2 is 2.35 bits per heavy atom. The van der Waals surface area contributed by atoms with Crippen molar-refractivity contribution >= 4 is 11.8 Å². The summed E-state index contributed by atoms with van der Waals surface area (Å²) in [5, 5.41) is 5.90. The van der Waals surface area contributed by atoms with Crippen LogP contribution in [0.3, 0.4) is 0 Å². The van der Waals surface area contributed by atoms with Crippen LogP contribution in [0.15, 0.2) is 6.20 Å². The normalized spacial score (nSPS) is 28.1. The van der Waals surface area contributed by atoms with Crippen molar-refractivity contribution in [1.82, 2.24) is 9.97 Å². The summed E-state index contributed by atoms with van der Waals surface area (Å²) in [5.41, 5.74) is -0.291. The number of nitrogens with one attached hydrogen (secondary N) is 2. The van der Waals surface area contributed by atoms with Crippen LogP contribution in [0.2, 0.25) is 0 Å². The molecule has 5 nitrogen and oxygen atoms in total. The maximum atomic E-state index is 13.6. The molecule has 1 aromatic heterocycles. The van der Waals surface area contributed by atoms with E-state index in [1.807, 2.05) is 13.8 Å². The van der Waals surface area contributed by atoms with Crippen molar-refractivity contribution in [3.63, 3.8) is 0 Å². The van der Waals surface area contributed by atoms with Gasteiger partial charge in [-0.2, -0.15) is 4.98 Å². The Hall–Kier alpha value is -1.43. The third kappa shape index (κ3) is 2.31. The molecule has 2 atom stereocenters. The molecule has 1 saturated heterocycles. The summed E-state index contributed by atoms with van der Waals surface area (Å²) >= 11 is 0. The summed E-state index contributed by atoms with van der Waals surface area (Å²) in [6.07, 6.45) is 2.01. The van der Waals surface area contributed by atoms with Crippen molar-refractivity contribution in [2.45, 2.75) is 31.9 Å². The summed E-state index contributed by atoms with van der Waals surface area (Å²) in [5.74, 6) is 0.151. The Morgan fingerprint density at radius 3 is 2.94 bits per heavy atom. The van der Waals surface area contributed by atoms with Gasteiger partial charge in [0.1, 0.15) is 0 Å². The lowest BCUT2D eigenvalue weighted by Crippen LogP contribution is -2.41. The highest BCUT2D eigenvalue weighted by Gasteiger charge is 2.37. The van der Waals surface area contributed by atoms with Crippen molar-refractivity contribution in [3.8, 4) is 0 Å². The van der Waals surface area contributed by atoms with Crippen molar-refractivity contribution in [1.29, 1.82) is 0 Å². The number of hydrogen-bond acceptors (Lipinski definition) is 5. The molecule has 1 aromatic rings. The van der Waals surface area contributed by atoms with Gasteiger partial charge in [0.2, 0.25) is 5.95 Å². The van der Waals surface area contributed by atoms with E-state index >= 15 is 0 Å². The fourth-order valence-corrected chi connectivity index (χ4v) is 1.84. The molecule has 2 N–H and O–H groups in total. The van der Waals surface area contributed by atoms with Crippen LogP contribution >= 0.6 is 0 Å². The lowest BCUT2D eigenvalue weighted by atomic mass is 9.95. The Kier molecular flexibility index (Phi) is 3.15. The molecule has 1 fully saturated rings. The standard InChI is InChI=1S/C11H17FN4O/c1-7-11(2,4-5-17-7)16-9-8(12)6-14-10(13-3)15-9/h6-7H,4-5H2,1-3H3,(H2,13,14,15,16). The summed E-state index contributed by atoms with van der Waals surface area (Å²) in [7, 11) is 1.69. The fraction of sp³-hybridized carbons (Fsp3) is 0.636. The van der Waals surface area contributed by atoms with Crippen molar-refractivity contribution in [2.24, 2.45) is 0 Å². The lowest BCUT2D eigenvalue weighted by Gasteiger charge is -2.29. The first-order chi connectivity index (χ1) is 8.05. The van der Waals surface area contributed by atoms with E-state index in [4.69, 9.17) is 4.74 Å². The second-order valence-corrected chi connectivity index (χ2v) is 4.45. The third-order valence-electron chi connectivity index (χ3n) is 3.26. The predicted molar refractivity (Wildman–Crippen MR) is 63.6 cm³/mol. The number of hydrogen-bond donors (Lipinski definition) is 2. The van der Waals surface area contributed by atoms with E-state index in [2.05, 4.69) is 20.6 Å². The highest BCUT2D eigenvalue weighted by molar-refractivity contribution is 5.43. The summed E-state index contributed by atoms with van der Waals surface area (Å²) < 4.78 is 19.1. The molecule has 0 saturated carbocycles. The summed E-state index contributed by atoms with van der Waals surface area (Å²) in [6, 6.07) is 0. The van der Waals surface area contributed by atoms with Crippen LogP contribution < -0.4 is 10.6 Å². The number of halogens is 1. The Bertz CT molecular complexity index is 414. The zero-order valence-electron chi connectivity index (χ0n) is 10.2. The molecule has 2 rings (SSSR count). The SMILES string of the molecule is CNc1ncc(F)c(NC2(C)CCOC2C)n1. The Morgan fingerprint density at radius 1 is 1.59 bits per heavy atom. The molecule has 0 radical (unpaired) electrons. The van der Waals surface area contributed by atoms with Gasteiger partial charge in [-0.15, -0.1) is 0 Å². The monoisotopic (exact) mass is 240 g/mol. The van der Waals surface area contributed by atoms with Crippen molar-refractivity contribution < 1.29 is 9.13 Å². The van der Waals surface area contributed by atoms with E-state index in [1.54, 1.807) is 7.05 Å². The molecule has 0 amide bonds. The highest BCUT2D eigenvalue weighted by Crippen LogP contribution is 2.29. The van der Waals surface area contributed by atoms with Crippen molar-refractivity contribution in [2.75, 3.05) is 24.3 Å². The quantitative estimate of drug-likeness (QED) is 0.841. The Labute approximate surface area is 99.8 Å². The van der Waals surface area contributed by atoms with Crippen molar-refractivity contribution in [3.05, 3.63) is 12.0 Å². The minimum Gasteiger partial charge on any atom is -0.376 e. The van der Waals surface area contributed by atoms with Gasteiger partial charge in [-0.25, -0.2) is 9.37 Å². The second kappa shape index (κ2) is 4.44. The first-order valence-corrected chi connectivity index (χ1v) is 5.65. The average molecular weight is 240 g/mol. The number of ether oxygens (including phenoxy) is 1. The molecular weight excluding hydrogens is 223 g/mol. The van der Waals surface area contributed by atoms with Gasteiger partial charge in [-0.05, 0) is 20.3 Å². The first-order valence-electron chi connectivity index (χ1n) is 5.65. The minimum absolute atomic E-state index is 0.0231. The predicted octanol–water partition coefficient (Wildman–Crippen LogP) is 1.64. The van der Waals surface area contributed by atoms with E-state index < -0.39 is 5.82 Å². The lowest BCUT2D eigenvalue weighted by molar-refractivity contribution is 0.105. The molecule has 2 unspecified atom stereocenters. The first kappa shape index (κ1) is 12.0. The number of nitrogens with zero attached hydrogens (tertiary/aromatic N) is 2. The van der Waals surface area contributed by atoms with Crippen LogP contribution in [0.25, 0.3) is 0 Å². The van der Waals surface area contributed by atoms with Gasteiger partial charge in [-0.1, -0.05) is 0 Å². The molecule has 2 heterocycles. The zero-order chi connectivity index (χ0) is 12.5. The van der Waals surface area contributed by atoms with Gasteiger partial charge in [0.25, 0.3) is 0 Å². The van der Waals surface area contributed by atoms with Gasteiger partial charge in [0, 0.05) is 13.7 Å². The Balaban J connectivity index is 2.23. The molecule has 0 bridgehead atoms. The maximum absolute atomic E-state index is 13.6. The van der Waals surface area contributed by atoms with Gasteiger partial charge in [-0.3, -0.25) is 0 Å². The molecular formula is C11H17FN4O. The van der Waals surface area contributed by atoms with Gasteiger partial charge < -0.3 is 15.4 Å². The molecule has 0 aromatic carbocycles. The average Bonchev–Trinajstić information content (AvgIpc) is 2.62. The summed E-state index contributed by atoms with van der Waals surface area (Å²) in [6.45, 7) is 4.65. The molecule has 1 aliphatic rings. The van der Waals surface area contributed by atoms with Gasteiger partial charge >= 0.3 is 0 Å². The number of rotatable bonds is 3. The minimum atomic E-state index is -0.454. The van der Waals surface area contributed by atoms with Crippen LogP contribution in [-0.4, -0.2) is 35.3 Å². The molecule has 17 heavy (non-hydrogen) atoms. The van der Waals surface area contributed by atoms with Crippen LogP contribution in [-0.2, 0) is 4.74 Å². The molecule has 1 aliphatic heterocycles. The molecule has 6 heteroatoms. The van der Waals surface area contributed by atoms with E-state index in [0.717, 1.165) is 12.6 Å². The number of anilines is 2. The maximum Gasteiger partial charge on any atom is 0.224 e. The largest absolute Gasteiger partial charge is 0.376 e. The van der Waals surface area contributed by atoms with Gasteiger partial charge in [0.05, 0.1) is 17.8 Å². The molecule has 0 aliphatic carbocycles. The van der Waals surface area contributed by atoms with E-state index in [0.29, 0.717) is 12.6 Å². The third-order valence-corrected chi connectivity index (χ3v) is 3.26. The smallest absolute Gasteiger partial charge is 0.224 e. The van der Waals surface area contributed by atoms with Crippen LogP contribution in [0, 0.1) is 5.82 Å². The zero-order valence-corrected chi connectivity index (χ0v) is 10.2. The topological polar surface area (TPSA) is 59.1 Å². The number of aromatic nitrogens is 2. The van der Waals surface area contributed by atoms with E-state index in [-0.39, 0.29) is 17.5 Å². The van der Waals surface area contributed by atoms with E-state index in [1.165, 1.54) is 0 Å². The highest BCUT2D eigenvalue weighted by atomic mass is 19.1. The molecule has 94 valence electrons. The van der Waals surface area contributed by atoms with Crippen LogP contribution in [0.4, 0.5) is 16.2 Å². The molecule has 0 spiro atoms. The van der Waals surface area contributed by atoms with Crippen LogP contribution in [0.5, 0.6) is 0 Å². The summed E-state index contributed by atoms with van der Waals surface area (Å²) in [4.78, 5) is 7.88. The van der Waals surface area contributed by atoms with Gasteiger partial charge in [0.15, 0.2) is 11.6 Å². The van der Waals surface area contributed by atoms with Crippen LogP contribution in [0.1, 0.15) is 20.3 Å².